The minimum atomic E-state index is -3.66. The second-order valence-electron chi connectivity index (χ2n) is 5.51. The molecule has 1 unspecified atom stereocenters. The van der Waals surface area contributed by atoms with E-state index in [0.717, 1.165) is 31.5 Å². The fourth-order valence-corrected chi connectivity index (χ4v) is 2.57. The van der Waals surface area contributed by atoms with Gasteiger partial charge in [-0.1, -0.05) is 20.8 Å². The van der Waals surface area contributed by atoms with Crippen molar-refractivity contribution in [3.63, 3.8) is 0 Å². The van der Waals surface area contributed by atoms with E-state index in [4.69, 9.17) is 5.14 Å². The van der Waals surface area contributed by atoms with Gasteiger partial charge in [0.15, 0.2) is 0 Å². The van der Waals surface area contributed by atoms with Crippen LogP contribution in [0.4, 0.5) is 0 Å². The standard InChI is InChI=1S/C14H25N3O2S/c1-4-7-16-13(8-11(2)3)9-12-5-6-14(10-17-12)20(15,18)19/h5-6,10-11,13,16H,4,7-9H2,1-3H3,(H2,15,18,19). The molecule has 114 valence electrons. The molecular weight excluding hydrogens is 274 g/mol. The summed E-state index contributed by atoms with van der Waals surface area (Å²) in [5.41, 5.74) is 0.881. The Morgan fingerprint density at radius 2 is 2.05 bits per heavy atom. The average molecular weight is 299 g/mol. The number of pyridine rings is 1. The molecule has 0 saturated heterocycles. The van der Waals surface area contributed by atoms with Crippen LogP contribution < -0.4 is 10.5 Å². The minimum Gasteiger partial charge on any atom is -0.314 e. The number of aromatic nitrogens is 1. The van der Waals surface area contributed by atoms with Crippen molar-refractivity contribution in [3.05, 3.63) is 24.0 Å². The first-order valence-electron chi connectivity index (χ1n) is 7.04. The third kappa shape index (κ3) is 5.98. The number of nitrogens with zero attached hydrogens (tertiary/aromatic N) is 1. The first-order valence-corrected chi connectivity index (χ1v) is 8.58. The van der Waals surface area contributed by atoms with E-state index in [9.17, 15) is 8.42 Å². The van der Waals surface area contributed by atoms with Crippen LogP contribution in [0.2, 0.25) is 0 Å². The predicted molar refractivity (Wildman–Crippen MR) is 80.9 cm³/mol. The maximum atomic E-state index is 11.2. The van der Waals surface area contributed by atoms with Gasteiger partial charge in [-0.15, -0.1) is 0 Å². The highest BCUT2D eigenvalue weighted by Gasteiger charge is 2.13. The lowest BCUT2D eigenvalue weighted by molar-refractivity contribution is 0.413. The van der Waals surface area contributed by atoms with Crippen molar-refractivity contribution in [1.29, 1.82) is 0 Å². The van der Waals surface area contributed by atoms with E-state index < -0.39 is 10.0 Å². The fraction of sp³-hybridized carbons (Fsp3) is 0.643. The zero-order valence-corrected chi connectivity index (χ0v) is 13.3. The smallest absolute Gasteiger partial charge is 0.239 e. The van der Waals surface area contributed by atoms with Gasteiger partial charge in [0, 0.05) is 24.4 Å². The molecule has 0 spiro atoms. The van der Waals surface area contributed by atoms with E-state index in [0.29, 0.717) is 12.0 Å². The van der Waals surface area contributed by atoms with Gasteiger partial charge in [-0.25, -0.2) is 13.6 Å². The number of primary sulfonamides is 1. The van der Waals surface area contributed by atoms with Gasteiger partial charge in [0.05, 0.1) is 0 Å². The van der Waals surface area contributed by atoms with Crippen LogP contribution in [0.15, 0.2) is 23.2 Å². The number of nitrogens with two attached hydrogens (primary N) is 1. The average Bonchev–Trinajstić information content (AvgIpc) is 2.35. The largest absolute Gasteiger partial charge is 0.314 e. The van der Waals surface area contributed by atoms with Crippen molar-refractivity contribution >= 4 is 10.0 Å². The van der Waals surface area contributed by atoms with Gasteiger partial charge in [0.25, 0.3) is 0 Å². The lowest BCUT2D eigenvalue weighted by atomic mass is 9.99. The van der Waals surface area contributed by atoms with Crippen molar-refractivity contribution in [2.75, 3.05) is 6.54 Å². The molecule has 5 nitrogen and oxygen atoms in total. The van der Waals surface area contributed by atoms with Gasteiger partial charge in [-0.05, 0) is 37.4 Å². The molecular formula is C14H25N3O2S. The predicted octanol–water partition coefficient (Wildman–Crippen LogP) is 1.69. The van der Waals surface area contributed by atoms with Crippen LogP contribution in [0.1, 0.15) is 39.3 Å². The molecule has 0 amide bonds. The first kappa shape index (κ1) is 17.1. The lowest BCUT2D eigenvalue weighted by Gasteiger charge is -2.20. The Labute approximate surface area is 122 Å². The SMILES string of the molecule is CCCNC(Cc1ccc(S(N)(=O)=O)cn1)CC(C)C. The first-order chi connectivity index (χ1) is 9.32. The van der Waals surface area contributed by atoms with Gasteiger partial charge in [-0.3, -0.25) is 4.98 Å². The summed E-state index contributed by atoms with van der Waals surface area (Å²) in [5, 5.41) is 8.57. The van der Waals surface area contributed by atoms with Crippen LogP contribution in [0.5, 0.6) is 0 Å². The number of rotatable bonds is 8. The molecule has 1 atom stereocenters. The molecule has 0 saturated carbocycles. The molecule has 1 rings (SSSR count). The molecule has 1 aromatic rings. The number of hydrogen-bond donors (Lipinski definition) is 2. The Morgan fingerprint density at radius 1 is 1.35 bits per heavy atom. The topological polar surface area (TPSA) is 85.1 Å². The molecule has 6 heteroatoms. The monoisotopic (exact) mass is 299 g/mol. The molecule has 0 aromatic carbocycles. The summed E-state index contributed by atoms with van der Waals surface area (Å²) in [7, 11) is -3.66. The van der Waals surface area contributed by atoms with Crippen molar-refractivity contribution in [1.82, 2.24) is 10.3 Å². The van der Waals surface area contributed by atoms with Crippen molar-refractivity contribution in [2.45, 2.75) is 51.0 Å². The van der Waals surface area contributed by atoms with E-state index in [1.54, 1.807) is 6.07 Å². The van der Waals surface area contributed by atoms with Crippen molar-refractivity contribution < 1.29 is 8.42 Å². The summed E-state index contributed by atoms with van der Waals surface area (Å²) < 4.78 is 22.4. The quantitative estimate of drug-likeness (QED) is 0.765. The Bertz CT molecular complexity index is 498. The van der Waals surface area contributed by atoms with Crippen LogP contribution in [0.3, 0.4) is 0 Å². The number of nitrogens with one attached hydrogen (secondary N) is 1. The zero-order chi connectivity index (χ0) is 15.2. The normalized spacial score (nSPS) is 13.7. The van der Waals surface area contributed by atoms with Gasteiger partial charge in [0.1, 0.15) is 4.90 Å². The summed E-state index contributed by atoms with van der Waals surface area (Å²) in [6.07, 6.45) is 4.28. The molecule has 0 aliphatic carbocycles. The van der Waals surface area contributed by atoms with Gasteiger partial charge in [-0.2, -0.15) is 0 Å². The lowest BCUT2D eigenvalue weighted by Crippen LogP contribution is -2.33. The zero-order valence-electron chi connectivity index (χ0n) is 12.5. The Morgan fingerprint density at radius 3 is 2.50 bits per heavy atom. The van der Waals surface area contributed by atoms with Gasteiger partial charge in [0.2, 0.25) is 10.0 Å². The van der Waals surface area contributed by atoms with Crippen LogP contribution in [0, 0.1) is 5.92 Å². The molecule has 0 aliphatic heterocycles. The van der Waals surface area contributed by atoms with Crippen LogP contribution >= 0.6 is 0 Å². The van der Waals surface area contributed by atoms with Crippen LogP contribution in [-0.2, 0) is 16.4 Å². The van der Waals surface area contributed by atoms with Crippen molar-refractivity contribution in [3.8, 4) is 0 Å². The second kappa shape index (κ2) is 7.71. The summed E-state index contributed by atoms with van der Waals surface area (Å²) in [6.45, 7) is 7.50. The maximum absolute atomic E-state index is 11.2. The number of hydrogen-bond acceptors (Lipinski definition) is 4. The maximum Gasteiger partial charge on any atom is 0.239 e. The van der Waals surface area contributed by atoms with E-state index in [-0.39, 0.29) is 4.90 Å². The summed E-state index contributed by atoms with van der Waals surface area (Å²) >= 11 is 0. The number of sulfonamides is 1. The Kier molecular flexibility index (Phi) is 6.58. The third-order valence-electron chi connectivity index (χ3n) is 3.02. The summed E-state index contributed by atoms with van der Waals surface area (Å²) in [5.74, 6) is 0.605. The highest BCUT2D eigenvalue weighted by Crippen LogP contribution is 2.12. The van der Waals surface area contributed by atoms with Gasteiger partial charge < -0.3 is 5.32 Å². The van der Waals surface area contributed by atoms with E-state index in [1.165, 1.54) is 12.3 Å². The molecule has 0 radical (unpaired) electrons. The van der Waals surface area contributed by atoms with Gasteiger partial charge >= 0.3 is 0 Å². The molecule has 20 heavy (non-hydrogen) atoms. The molecule has 1 heterocycles. The molecule has 0 aliphatic rings. The highest BCUT2D eigenvalue weighted by molar-refractivity contribution is 7.89. The fourth-order valence-electron chi connectivity index (χ4n) is 2.11. The summed E-state index contributed by atoms with van der Waals surface area (Å²) in [6, 6.07) is 3.62. The Balaban J connectivity index is 2.72. The second-order valence-corrected chi connectivity index (χ2v) is 7.08. The van der Waals surface area contributed by atoms with Crippen LogP contribution in [-0.4, -0.2) is 26.0 Å². The molecule has 1 aromatic heterocycles. The minimum absolute atomic E-state index is 0.0585. The van der Waals surface area contributed by atoms with Crippen molar-refractivity contribution in [2.24, 2.45) is 11.1 Å². The van der Waals surface area contributed by atoms with E-state index >= 15 is 0 Å². The Hall–Kier alpha value is -0.980. The summed E-state index contributed by atoms with van der Waals surface area (Å²) in [4.78, 5) is 4.26. The van der Waals surface area contributed by atoms with E-state index in [2.05, 4.69) is 31.1 Å². The van der Waals surface area contributed by atoms with Crippen LogP contribution in [0.25, 0.3) is 0 Å². The van der Waals surface area contributed by atoms with E-state index in [1.807, 2.05) is 0 Å². The highest BCUT2D eigenvalue weighted by atomic mass is 32.2. The molecule has 0 bridgehead atoms. The third-order valence-corrected chi connectivity index (χ3v) is 3.92. The molecule has 0 fully saturated rings. The molecule has 3 N–H and O–H groups in total.